The fourth-order valence-electron chi connectivity index (χ4n) is 0.700. The second-order valence-electron chi connectivity index (χ2n) is 1.77. The molecule has 3 nitrogen and oxygen atoms in total. The van der Waals surface area contributed by atoms with Crippen LogP contribution in [0.1, 0.15) is 6.42 Å². The Labute approximate surface area is 71.4 Å². The first-order chi connectivity index (χ1) is 4.29. The van der Waals surface area contributed by atoms with E-state index < -0.39 is 0 Å². The van der Waals surface area contributed by atoms with Crippen molar-refractivity contribution in [3.63, 3.8) is 0 Å². The minimum absolute atomic E-state index is 0. The molecule has 0 aromatic rings. The van der Waals surface area contributed by atoms with Gasteiger partial charge in [-0.2, -0.15) is 0 Å². The quantitative estimate of drug-likeness (QED) is 0.462. The van der Waals surface area contributed by atoms with Crippen molar-refractivity contribution in [2.24, 2.45) is 0 Å². The molecular formula is C5H11N3S2. The van der Waals surface area contributed by atoms with Gasteiger partial charge in [0.25, 0.3) is 0 Å². The second kappa shape index (κ2) is 4.43. The molecule has 0 aliphatic carbocycles. The topological polar surface area (TPSA) is 51.8 Å². The van der Waals surface area contributed by atoms with Gasteiger partial charge in [-0.15, -0.1) is 0 Å². The van der Waals surface area contributed by atoms with Gasteiger partial charge >= 0.3 is 0 Å². The van der Waals surface area contributed by atoms with Crippen molar-refractivity contribution in [3.05, 3.63) is 12.3 Å². The van der Waals surface area contributed by atoms with Gasteiger partial charge in [-0.05, 0) is 10.7 Å². The smallest absolute Gasteiger partial charge is 0.0421 e. The van der Waals surface area contributed by atoms with E-state index in [2.05, 4.69) is 36.3 Å². The van der Waals surface area contributed by atoms with Crippen LogP contribution >= 0.6 is 12.2 Å². The first-order valence-electron chi connectivity index (χ1n) is 2.70. The Morgan fingerprint density at radius 3 is 2.80 bits per heavy atom. The van der Waals surface area contributed by atoms with Crippen LogP contribution in [0, 0.1) is 0 Å². The molecule has 0 aromatic heterocycles. The van der Waals surface area contributed by atoms with Crippen molar-refractivity contribution in [2.75, 3.05) is 6.54 Å². The largest absolute Gasteiger partial charge is 0.410 e. The maximum atomic E-state index is 4.66. The Morgan fingerprint density at radius 2 is 2.40 bits per heavy atom. The summed E-state index contributed by atoms with van der Waals surface area (Å²) in [6.07, 6.45) is 5.09. The molecular weight excluding hydrogens is 166 g/mol. The molecule has 0 spiro atoms. The summed E-state index contributed by atoms with van der Waals surface area (Å²) in [6.45, 7) is 0.969. The van der Waals surface area contributed by atoms with Crippen LogP contribution < -0.4 is 11.6 Å². The van der Waals surface area contributed by atoms with Gasteiger partial charge in [0.05, 0.1) is 0 Å². The van der Waals surface area contributed by atoms with E-state index in [-0.39, 0.29) is 6.15 Å². The van der Waals surface area contributed by atoms with Crippen LogP contribution in [0.25, 0.3) is 0 Å². The fourth-order valence-corrected chi connectivity index (χ4v) is 0.935. The standard InChI is InChI=1S/C5H8N2S2.H3N/c8-5(9)6-7-3-1-2-4-7;/h1,3H,2,4H2,(H2,6,8,9);1H3. The van der Waals surface area contributed by atoms with Gasteiger partial charge in [0.15, 0.2) is 0 Å². The SMILES string of the molecule is S=C([S-])NN1C=CCC1.[NH4+]. The molecule has 0 radical (unpaired) electrons. The Balaban J connectivity index is 0.000000810. The molecule has 1 aliphatic rings. The lowest BCUT2D eigenvalue weighted by Crippen LogP contribution is -2.34. The summed E-state index contributed by atoms with van der Waals surface area (Å²) in [5.41, 5.74) is 2.83. The number of rotatable bonds is 1. The van der Waals surface area contributed by atoms with Crippen molar-refractivity contribution in [2.45, 2.75) is 6.42 Å². The number of quaternary nitrogens is 1. The molecule has 0 amide bonds. The molecule has 0 unspecified atom stereocenters. The van der Waals surface area contributed by atoms with E-state index in [1.807, 2.05) is 11.2 Å². The van der Waals surface area contributed by atoms with Crippen molar-refractivity contribution in [1.29, 1.82) is 0 Å². The summed E-state index contributed by atoms with van der Waals surface area (Å²) >= 11 is 9.32. The number of nitrogens with zero attached hydrogens (tertiary/aromatic N) is 1. The molecule has 0 fully saturated rings. The summed E-state index contributed by atoms with van der Waals surface area (Å²) in [6, 6.07) is 0. The van der Waals surface area contributed by atoms with E-state index in [0.29, 0.717) is 4.32 Å². The molecule has 5 N–H and O–H groups in total. The highest BCUT2D eigenvalue weighted by Crippen LogP contribution is 1.98. The number of nitrogens with one attached hydrogen (secondary N) is 1. The average molecular weight is 177 g/mol. The Kier molecular flexibility index (Phi) is 4.26. The third-order valence-corrected chi connectivity index (χ3v) is 1.24. The Hall–Kier alpha value is -0.390. The lowest BCUT2D eigenvalue weighted by molar-refractivity contribution is 0.368. The fraction of sp³-hybridized carbons (Fsp3) is 0.400. The van der Waals surface area contributed by atoms with Crippen molar-refractivity contribution >= 4 is 29.2 Å². The van der Waals surface area contributed by atoms with Crippen LogP contribution in [0.3, 0.4) is 0 Å². The zero-order chi connectivity index (χ0) is 6.69. The summed E-state index contributed by atoms with van der Waals surface area (Å²) in [7, 11) is 0. The highest BCUT2D eigenvalue weighted by Gasteiger charge is 1.99. The van der Waals surface area contributed by atoms with Crippen LogP contribution in [0.15, 0.2) is 12.3 Å². The molecule has 1 rings (SSSR count). The maximum Gasteiger partial charge on any atom is 0.0421 e. The van der Waals surface area contributed by atoms with E-state index >= 15 is 0 Å². The van der Waals surface area contributed by atoms with E-state index in [1.165, 1.54) is 0 Å². The Bertz CT molecular complexity index is 146. The molecule has 0 aromatic carbocycles. The molecule has 1 heterocycles. The molecule has 0 atom stereocenters. The molecule has 0 saturated heterocycles. The first kappa shape index (κ1) is 9.61. The van der Waals surface area contributed by atoms with Gasteiger partial charge in [-0.3, -0.25) is 5.01 Å². The van der Waals surface area contributed by atoms with Crippen LogP contribution in [-0.4, -0.2) is 15.9 Å². The third kappa shape index (κ3) is 2.95. The van der Waals surface area contributed by atoms with E-state index in [4.69, 9.17) is 0 Å². The van der Waals surface area contributed by atoms with Gasteiger partial charge in [-0.25, -0.2) is 0 Å². The van der Waals surface area contributed by atoms with Gasteiger partial charge in [0, 0.05) is 12.7 Å². The summed E-state index contributed by atoms with van der Waals surface area (Å²) < 4.78 is 0.404. The zero-order valence-corrected chi connectivity index (χ0v) is 7.47. The molecule has 10 heavy (non-hydrogen) atoms. The Morgan fingerprint density at radius 1 is 1.70 bits per heavy atom. The first-order valence-corrected chi connectivity index (χ1v) is 3.51. The normalized spacial score (nSPS) is 14.6. The summed E-state index contributed by atoms with van der Waals surface area (Å²) in [5.74, 6) is 0. The number of hydrogen-bond acceptors (Lipinski definition) is 3. The van der Waals surface area contributed by atoms with Crippen LogP contribution in [0.4, 0.5) is 0 Å². The predicted molar refractivity (Wildman–Crippen MR) is 49.5 cm³/mol. The van der Waals surface area contributed by atoms with Crippen molar-refractivity contribution < 1.29 is 0 Å². The van der Waals surface area contributed by atoms with Gasteiger partial charge in [0.1, 0.15) is 0 Å². The number of hydrazine groups is 1. The van der Waals surface area contributed by atoms with Gasteiger partial charge < -0.3 is 36.4 Å². The number of thiocarbonyl (C=S) groups is 1. The third-order valence-electron chi connectivity index (χ3n) is 1.06. The van der Waals surface area contributed by atoms with Crippen molar-refractivity contribution in [1.82, 2.24) is 16.6 Å². The lowest BCUT2D eigenvalue weighted by Gasteiger charge is -2.20. The van der Waals surface area contributed by atoms with E-state index in [1.54, 1.807) is 0 Å². The highest BCUT2D eigenvalue weighted by molar-refractivity contribution is 8.00. The lowest BCUT2D eigenvalue weighted by atomic mass is 10.5. The van der Waals surface area contributed by atoms with E-state index in [9.17, 15) is 0 Å². The summed E-state index contributed by atoms with van der Waals surface area (Å²) in [5, 5.41) is 1.88. The van der Waals surface area contributed by atoms with Crippen LogP contribution in [0.2, 0.25) is 0 Å². The average Bonchev–Trinajstić information content (AvgIpc) is 2.15. The molecule has 5 heteroatoms. The number of hydrogen-bond donors (Lipinski definition) is 2. The highest BCUT2D eigenvalue weighted by atomic mass is 32.1. The minimum Gasteiger partial charge on any atom is -0.410 e. The van der Waals surface area contributed by atoms with Crippen LogP contribution in [-0.2, 0) is 12.6 Å². The summed E-state index contributed by atoms with van der Waals surface area (Å²) in [4.78, 5) is 0. The van der Waals surface area contributed by atoms with Gasteiger partial charge in [-0.1, -0.05) is 6.08 Å². The molecule has 0 saturated carbocycles. The predicted octanol–water partition coefficient (Wildman–Crippen LogP) is 0.918. The molecule has 1 aliphatic heterocycles. The van der Waals surface area contributed by atoms with E-state index in [0.717, 1.165) is 13.0 Å². The molecule has 0 bridgehead atoms. The maximum absolute atomic E-state index is 4.66. The zero-order valence-electron chi connectivity index (χ0n) is 5.83. The monoisotopic (exact) mass is 177 g/mol. The second-order valence-corrected chi connectivity index (χ2v) is 2.84. The minimum atomic E-state index is 0. The van der Waals surface area contributed by atoms with Crippen molar-refractivity contribution in [3.8, 4) is 0 Å². The van der Waals surface area contributed by atoms with Crippen LogP contribution in [0.5, 0.6) is 0 Å². The van der Waals surface area contributed by atoms with Gasteiger partial charge in [0.2, 0.25) is 0 Å². The molecule has 58 valence electrons.